The molecule has 16 heavy (non-hydrogen) atoms. The van der Waals surface area contributed by atoms with Crippen molar-refractivity contribution in [3.05, 3.63) is 12.4 Å². The van der Waals surface area contributed by atoms with Crippen LogP contribution in [-0.2, 0) is 0 Å². The zero-order valence-corrected chi connectivity index (χ0v) is 8.59. The Labute approximate surface area is 91.1 Å². The van der Waals surface area contributed by atoms with Crippen LogP contribution in [0.3, 0.4) is 0 Å². The van der Waals surface area contributed by atoms with E-state index in [0.29, 0.717) is 18.8 Å². The van der Waals surface area contributed by atoms with Crippen LogP contribution in [0.25, 0.3) is 0 Å². The SMILES string of the molecule is Nc1nccnc1NCCCCC(F)(F)F. The van der Waals surface area contributed by atoms with Gasteiger partial charge in [0.05, 0.1) is 0 Å². The minimum Gasteiger partial charge on any atom is -0.381 e. The van der Waals surface area contributed by atoms with Crippen LogP contribution in [0.2, 0.25) is 0 Å². The number of unbranched alkanes of at least 4 members (excludes halogenated alkanes) is 1. The lowest BCUT2D eigenvalue weighted by Crippen LogP contribution is -2.10. The average Bonchev–Trinajstić information content (AvgIpc) is 2.18. The molecule has 0 aliphatic heterocycles. The van der Waals surface area contributed by atoms with Gasteiger partial charge in [-0.05, 0) is 12.8 Å². The first-order valence-corrected chi connectivity index (χ1v) is 4.86. The number of aromatic nitrogens is 2. The van der Waals surface area contributed by atoms with Crippen molar-refractivity contribution in [1.29, 1.82) is 0 Å². The first kappa shape index (κ1) is 12.5. The zero-order valence-electron chi connectivity index (χ0n) is 8.59. The topological polar surface area (TPSA) is 63.8 Å². The highest BCUT2D eigenvalue weighted by Gasteiger charge is 2.25. The van der Waals surface area contributed by atoms with Gasteiger partial charge in [-0.3, -0.25) is 0 Å². The van der Waals surface area contributed by atoms with E-state index in [4.69, 9.17) is 5.73 Å². The number of alkyl halides is 3. The van der Waals surface area contributed by atoms with E-state index in [1.54, 1.807) is 0 Å². The Morgan fingerprint density at radius 2 is 1.88 bits per heavy atom. The predicted octanol–water partition coefficient (Wildman–Crippen LogP) is 2.20. The van der Waals surface area contributed by atoms with Crippen LogP contribution in [0.5, 0.6) is 0 Å². The number of anilines is 2. The molecule has 1 aromatic rings. The lowest BCUT2D eigenvalue weighted by Gasteiger charge is -2.08. The van der Waals surface area contributed by atoms with Crippen molar-refractivity contribution < 1.29 is 13.2 Å². The number of halogens is 3. The quantitative estimate of drug-likeness (QED) is 0.766. The Bertz CT molecular complexity index is 327. The second-order valence-corrected chi connectivity index (χ2v) is 3.29. The van der Waals surface area contributed by atoms with Gasteiger partial charge in [0.2, 0.25) is 0 Å². The molecule has 90 valence electrons. The summed E-state index contributed by atoms with van der Waals surface area (Å²) in [4.78, 5) is 7.69. The van der Waals surface area contributed by atoms with Crippen LogP contribution < -0.4 is 11.1 Å². The Kier molecular flexibility index (Phi) is 4.33. The molecule has 0 aliphatic carbocycles. The number of hydrogen-bond acceptors (Lipinski definition) is 4. The van der Waals surface area contributed by atoms with Crippen LogP contribution in [-0.4, -0.2) is 22.7 Å². The van der Waals surface area contributed by atoms with Gasteiger partial charge in [0.25, 0.3) is 0 Å². The normalized spacial score (nSPS) is 11.4. The number of nitrogens with two attached hydrogens (primary N) is 1. The van der Waals surface area contributed by atoms with Crippen molar-refractivity contribution in [3.8, 4) is 0 Å². The number of nitrogens with zero attached hydrogens (tertiary/aromatic N) is 2. The molecule has 1 aromatic heterocycles. The number of hydrogen-bond donors (Lipinski definition) is 2. The number of nitrogens with one attached hydrogen (secondary N) is 1. The first-order chi connectivity index (χ1) is 7.49. The fourth-order valence-corrected chi connectivity index (χ4v) is 1.14. The standard InChI is InChI=1S/C9H13F3N4/c10-9(11,12)3-1-2-4-15-8-7(13)14-5-6-16-8/h5-6H,1-4H2,(H2,13,14)(H,15,16). The molecule has 4 nitrogen and oxygen atoms in total. The van der Waals surface area contributed by atoms with Crippen molar-refractivity contribution >= 4 is 11.6 Å². The fourth-order valence-electron chi connectivity index (χ4n) is 1.14. The summed E-state index contributed by atoms with van der Waals surface area (Å²) in [5.74, 6) is 0.660. The summed E-state index contributed by atoms with van der Waals surface area (Å²) < 4.78 is 35.4. The van der Waals surface area contributed by atoms with Gasteiger partial charge in [-0.1, -0.05) is 0 Å². The van der Waals surface area contributed by atoms with Crippen LogP contribution in [0.15, 0.2) is 12.4 Å². The maximum atomic E-state index is 11.8. The summed E-state index contributed by atoms with van der Waals surface area (Å²) >= 11 is 0. The van der Waals surface area contributed by atoms with Crippen LogP contribution >= 0.6 is 0 Å². The maximum Gasteiger partial charge on any atom is 0.389 e. The minimum atomic E-state index is -4.08. The molecule has 1 rings (SSSR count). The molecule has 0 aliphatic rings. The second-order valence-electron chi connectivity index (χ2n) is 3.29. The molecule has 0 fully saturated rings. The molecular weight excluding hydrogens is 221 g/mol. The van der Waals surface area contributed by atoms with Crippen LogP contribution in [0, 0.1) is 0 Å². The van der Waals surface area contributed by atoms with Gasteiger partial charge < -0.3 is 11.1 Å². The third kappa shape index (κ3) is 4.81. The van der Waals surface area contributed by atoms with Crippen molar-refractivity contribution in [1.82, 2.24) is 9.97 Å². The molecule has 0 spiro atoms. The van der Waals surface area contributed by atoms with E-state index in [0.717, 1.165) is 0 Å². The van der Waals surface area contributed by atoms with Crippen molar-refractivity contribution in [2.45, 2.75) is 25.4 Å². The average molecular weight is 234 g/mol. The van der Waals surface area contributed by atoms with Gasteiger partial charge >= 0.3 is 6.18 Å². The highest BCUT2D eigenvalue weighted by molar-refractivity contribution is 5.54. The molecule has 0 bridgehead atoms. The molecule has 0 saturated heterocycles. The third-order valence-electron chi connectivity index (χ3n) is 1.91. The number of rotatable bonds is 5. The summed E-state index contributed by atoms with van der Waals surface area (Å²) in [7, 11) is 0. The van der Waals surface area contributed by atoms with Crippen molar-refractivity contribution in [2.24, 2.45) is 0 Å². The monoisotopic (exact) mass is 234 g/mol. The van der Waals surface area contributed by atoms with E-state index in [2.05, 4.69) is 15.3 Å². The highest BCUT2D eigenvalue weighted by Crippen LogP contribution is 2.22. The summed E-state index contributed by atoms with van der Waals surface area (Å²) in [5.41, 5.74) is 5.49. The smallest absolute Gasteiger partial charge is 0.381 e. The molecule has 0 saturated carbocycles. The van der Waals surface area contributed by atoms with E-state index in [-0.39, 0.29) is 12.2 Å². The minimum absolute atomic E-state index is 0.0939. The van der Waals surface area contributed by atoms with Gasteiger partial charge in [0.1, 0.15) is 0 Å². The van der Waals surface area contributed by atoms with Gasteiger partial charge in [-0.15, -0.1) is 0 Å². The fraction of sp³-hybridized carbons (Fsp3) is 0.556. The predicted molar refractivity (Wildman–Crippen MR) is 54.8 cm³/mol. The van der Waals surface area contributed by atoms with Gasteiger partial charge in [-0.25, -0.2) is 9.97 Å². The Balaban J connectivity index is 2.19. The number of nitrogen functional groups attached to an aromatic ring is 1. The van der Waals surface area contributed by atoms with E-state index in [1.165, 1.54) is 12.4 Å². The lowest BCUT2D eigenvalue weighted by molar-refractivity contribution is -0.135. The van der Waals surface area contributed by atoms with Gasteiger partial charge in [-0.2, -0.15) is 13.2 Å². The molecule has 0 aromatic carbocycles. The zero-order chi connectivity index (χ0) is 12.0. The summed E-state index contributed by atoms with van der Waals surface area (Å²) in [6, 6.07) is 0. The van der Waals surface area contributed by atoms with E-state index in [1.807, 2.05) is 0 Å². The lowest BCUT2D eigenvalue weighted by atomic mass is 10.2. The molecule has 7 heteroatoms. The summed E-state index contributed by atoms with van der Waals surface area (Å²) in [5, 5.41) is 2.83. The maximum absolute atomic E-state index is 11.8. The van der Waals surface area contributed by atoms with Gasteiger partial charge in [0.15, 0.2) is 11.6 Å². The molecular formula is C9H13F3N4. The Morgan fingerprint density at radius 3 is 2.50 bits per heavy atom. The van der Waals surface area contributed by atoms with Crippen molar-refractivity contribution in [2.75, 3.05) is 17.6 Å². The van der Waals surface area contributed by atoms with Crippen LogP contribution in [0.4, 0.5) is 24.8 Å². The summed E-state index contributed by atoms with van der Waals surface area (Å²) in [6.45, 7) is 0.402. The highest BCUT2D eigenvalue weighted by atomic mass is 19.4. The largest absolute Gasteiger partial charge is 0.389 e. The van der Waals surface area contributed by atoms with E-state index >= 15 is 0 Å². The molecule has 0 amide bonds. The molecule has 3 N–H and O–H groups in total. The summed E-state index contributed by atoms with van der Waals surface area (Å²) in [6.07, 6.45) is -1.42. The Morgan fingerprint density at radius 1 is 1.19 bits per heavy atom. The molecule has 0 radical (unpaired) electrons. The third-order valence-corrected chi connectivity index (χ3v) is 1.91. The Hall–Kier alpha value is -1.53. The van der Waals surface area contributed by atoms with Gasteiger partial charge in [0, 0.05) is 25.4 Å². The van der Waals surface area contributed by atoms with E-state index in [9.17, 15) is 13.2 Å². The first-order valence-electron chi connectivity index (χ1n) is 4.86. The molecule has 0 atom stereocenters. The van der Waals surface area contributed by atoms with E-state index < -0.39 is 12.6 Å². The van der Waals surface area contributed by atoms with Crippen molar-refractivity contribution in [3.63, 3.8) is 0 Å². The molecule has 1 heterocycles. The van der Waals surface area contributed by atoms with Crippen LogP contribution in [0.1, 0.15) is 19.3 Å². The molecule has 0 unspecified atom stereocenters. The second kappa shape index (κ2) is 5.53.